The van der Waals surface area contributed by atoms with Crippen LogP contribution in [0.4, 0.5) is 0 Å². The molecule has 3 heterocycles. The Morgan fingerprint density at radius 1 is 1.19 bits per heavy atom. The molecule has 1 unspecified atom stereocenters. The van der Waals surface area contributed by atoms with Gasteiger partial charge < -0.3 is 19.5 Å². The van der Waals surface area contributed by atoms with Crippen molar-refractivity contribution in [3.63, 3.8) is 0 Å². The molecule has 1 atom stereocenters. The number of amides is 1. The molecular formula is C23H23N3O5S. The molecule has 2 aliphatic heterocycles. The van der Waals surface area contributed by atoms with Crippen molar-refractivity contribution in [3.8, 4) is 11.5 Å². The Kier molecular flexibility index (Phi) is 6.00. The maximum Gasteiger partial charge on any atom is 0.262 e. The number of thioether (sulfide) groups is 1. The highest BCUT2D eigenvalue weighted by Crippen LogP contribution is 2.33. The molecule has 0 bridgehead atoms. The highest BCUT2D eigenvalue weighted by atomic mass is 32.2. The molecule has 0 spiro atoms. The number of ether oxygens (including phenoxy) is 3. The van der Waals surface area contributed by atoms with E-state index in [-0.39, 0.29) is 30.1 Å². The van der Waals surface area contributed by atoms with Crippen LogP contribution in [-0.2, 0) is 16.1 Å². The Bertz CT molecular complexity index is 1210. The number of hydrogen-bond acceptors (Lipinski definition) is 7. The van der Waals surface area contributed by atoms with E-state index >= 15 is 0 Å². The molecule has 5 rings (SSSR count). The second kappa shape index (κ2) is 9.22. The van der Waals surface area contributed by atoms with E-state index in [1.165, 1.54) is 11.8 Å². The van der Waals surface area contributed by atoms with Gasteiger partial charge in [0.2, 0.25) is 12.7 Å². The van der Waals surface area contributed by atoms with Crippen molar-refractivity contribution in [2.45, 2.75) is 30.6 Å². The van der Waals surface area contributed by atoms with Gasteiger partial charge in [-0.2, -0.15) is 0 Å². The quantitative estimate of drug-likeness (QED) is 0.434. The third-order valence-electron chi connectivity index (χ3n) is 5.49. The molecule has 32 heavy (non-hydrogen) atoms. The summed E-state index contributed by atoms with van der Waals surface area (Å²) < 4.78 is 18.0. The molecular weight excluding hydrogens is 430 g/mol. The van der Waals surface area contributed by atoms with Gasteiger partial charge in [-0.05, 0) is 42.7 Å². The molecule has 1 N–H and O–H groups in total. The normalized spacial score (nSPS) is 17.1. The number of benzene rings is 2. The summed E-state index contributed by atoms with van der Waals surface area (Å²) in [5.41, 5.74) is 1.36. The molecule has 3 aromatic rings. The lowest BCUT2D eigenvalue weighted by Crippen LogP contribution is -2.33. The number of hydrogen-bond donors (Lipinski definition) is 1. The second-order valence-electron chi connectivity index (χ2n) is 7.72. The number of rotatable bonds is 7. The number of carbonyl (C=O) groups excluding carboxylic acids is 1. The number of nitrogens with zero attached hydrogens (tertiary/aromatic N) is 2. The first-order valence-electron chi connectivity index (χ1n) is 10.6. The van der Waals surface area contributed by atoms with Gasteiger partial charge in [0.25, 0.3) is 5.56 Å². The number of nitrogens with one attached hydrogen (secondary N) is 1. The lowest BCUT2D eigenvalue weighted by Gasteiger charge is -2.14. The van der Waals surface area contributed by atoms with E-state index in [0.29, 0.717) is 40.6 Å². The highest BCUT2D eigenvalue weighted by molar-refractivity contribution is 7.99. The molecule has 1 amide bonds. The van der Waals surface area contributed by atoms with Gasteiger partial charge in [0, 0.05) is 13.2 Å². The fourth-order valence-corrected chi connectivity index (χ4v) is 4.66. The molecule has 0 saturated carbocycles. The summed E-state index contributed by atoms with van der Waals surface area (Å²) in [5.74, 6) is 1.41. The van der Waals surface area contributed by atoms with Crippen LogP contribution >= 0.6 is 11.8 Å². The highest BCUT2D eigenvalue weighted by Gasteiger charge is 2.18. The Balaban J connectivity index is 1.38. The monoisotopic (exact) mass is 453 g/mol. The Morgan fingerprint density at radius 3 is 2.94 bits per heavy atom. The minimum atomic E-state index is -0.143. The zero-order valence-corrected chi connectivity index (χ0v) is 18.2. The maximum absolute atomic E-state index is 13.3. The van der Waals surface area contributed by atoms with Gasteiger partial charge in [0.15, 0.2) is 16.7 Å². The first kappa shape index (κ1) is 20.8. The zero-order valence-electron chi connectivity index (χ0n) is 17.4. The third-order valence-corrected chi connectivity index (χ3v) is 6.46. The van der Waals surface area contributed by atoms with Crippen molar-refractivity contribution < 1.29 is 19.0 Å². The van der Waals surface area contributed by atoms with Crippen LogP contribution in [0.3, 0.4) is 0 Å². The summed E-state index contributed by atoms with van der Waals surface area (Å²) >= 11 is 1.25. The van der Waals surface area contributed by atoms with E-state index in [4.69, 9.17) is 14.2 Å². The Morgan fingerprint density at radius 2 is 2.06 bits per heavy atom. The summed E-state index contributed by atoms with van der Waals surface area (Å²) in [7, 11) is 0. The van der Waals surface area contributed by atoms with E-state index in [0.717, 1.165) is 25.0 Å². The lowest BCUT2D eigenvalue weighted by molar-refractivity contribution is -0.119. The van der Waals surface area contributed by atoms with Crippen LogP contribution in [-0.4, -0.2) is 47.3 Å². The third kappa shape index (κ3) is 4.44. The largest absolute Gasteiger partial charge is 0.454 e. The number of carbonyl (C=O) groups is 1. The molecule has 0 aliphatic carbocycles. The van der Waals surface area contributed by atoms with Crippen molar-refractivity contribution in [3.05, 3.63) is 58.4 Å². The van der Waals surface area contributed by atoms with E-state index < -0.39 is 0 Å². The zero-order chi connectivity index (χ0) is 21.9. The molecule has 1 saturated heterocycles. The van der Waals surface area contributed by atoms with Gasteiger partial charge in [-0.25, -0.2) is 4.98 Å². The van der Waals surface area contributed by atoms with Gasteiger partial charge in [-0.15, -0.1) is 0 Å². The fourth-order valence-electron chi connectivity index (χ4n) is 3.83. The van der Waals surface area contributed by atoms with Crippen molar-refractivity contribution in [2.24, 2.45) is 0 Å². The van der Waals surface area contributed by atoms with Gasteiger partial charge in [0.1, 0.15) is 0 Å². The lowest BCUT2D eigenvalue weighted by atomic mass is 10.2. The standard InChI is InChI=1S/C23H23N3O5S/c27-21(24-11-16-4-3-9-29-16)13-32-23-25-18-6-2-1-5-17(18)22(28)26(23)12-15-7-8-19-20(10-15)31-14-30-19/h1-2,5-8,10,16H,3-4,9,11-14H2,(H,24,27). The molecule has 1 fully saturated rings. The Labute approximate surface area is 188 Å². The average molecular weight is 454 g/mol. The van der Waals surface area contributed by atoms with E-state index in [1.807, 2.05) is 36.4 Å². The smallest absolute Gasteiger partial charge is 0.262 e. The second-order valence-corrected chi connectivity index (χ2v) is 8.66. The summed E-state index contributed by atoms with van der Waals surface area (Å²) in [6, 6.07) is 12.8. The Hall–Kier alpha value is -3.04. The molecule has 1 aromatic heterocycles. The molecule has 2 aromatic carbocycles. The van der Waals surface area contributed by atoms with Crippen LogP contribution in [0.1, 0.15) is 18.4 Å². The summed E-state index contributed by atoms with van der Waals surface area (Å²) in [4.78, 5) is 30.3. The van der Waals surface area contributed by atoms with Crippen molar-refractivity contribution in [1.29, 1.82) is 0 Å². The van der Waals surface area contributed by atoms with Gasteiger partial charge in [0.05, 0.1) is 29.3 Å². The predicted octanol–water partition coefficient (Wildman–Crippen LogP) is 2.56. The molecule has 166 valence electrons. The average Bonchev–Trinajstić information content (AvgIpc) is 3.50. The first-order chi connectivity index (χ1) is 15.7. The van der Waals surface area contributed by atoms with Crippen molar-refractivity contribution >= 4 is 28.6 Å². The van der Waals surface area contributed by atoms with Crippen molar-refractivity contribution in [2.75, 3.05) is 25.7 Å². The van der Waals surface area contributed by atoms with Crippen LogP contribution in [0.5, 0.6) is 11.5 Å². The fraction of sp³-hybridized carbons (Fsp3) is 0.348. The van der Waals surface area contributed by atoms with Crippen molar-refractivity contribution in [1.82, 2.24) is 14.9 Å². The van der Waals surface area contributed by atoms with Gasteiger partial charge in [-0.3, -0.25) is 14.2 Å². The van der Waals surface area contributed by atoms with Gasteiger partial charge >= 0.3 is 0 Å². The molecule has 2 aliphatic rings. The van der Waals surface area contributed by atoms with Crippen LogP contribution in [0.15, 0.2) is 52.4 Å². The topological polar surface area (TPSA) is 91.7 Å². The molecule has 0 radical (unpaired) electrons. The number of aromatic nitrogens is 2. The molecule has 8 nitrogen and oxygen atoms in total. The summed E-state index contributed by atoms with van der Waals surface area (Å²) in [6.45, 7) is 1.77. The SMILES string of the molecule is O=C(CSc1nc2ccccc2c(=O)n1Cc1ccc2c(c1)OCO2)NCC1CCCO1. The van der Waals surface area contributed by atoms with Crippen LogP contribution in [0.25, 0.3) is 10.9 Å². The molecule has 9 heteroatoms. The van der Waals surface area contributed by atoms with E-state index in [1.54, 1.807) is 10.6 Å². The number of fused-ring (bicyclic) bond motifs is 2. The minimum Gasteiger partial charge on any atom is -0.454 e. The van der Waals surface area contributed by atoms with Crippen LogP contribution in [0.2, 0.25) is 0 Å². The summed E-state index contributed by atoms with van der Waals surface area (Å²) in [5, 5.41) is 3.95. The summed E-state index contributed by atoms with van der Waals surface area (Å²) in [6.07, 6.45) is 2.09. The van der Waals surface area contributed by atoms with Gasteiger partial charge in [-0.1, -0.05) is 30.0 Å². The van der Waals surface area contributed by atoms with E-state index in [9.17, 15) is 9.59 Å². The van der Waals surface area contributed by atoms with Crippen LogP contribution in [0, 0.1) is 0 Å². The first-order valence-corrected chi connectivity index (χ1v) is 11.5. The minimum absolute atomic E-state index is 0.0898. The predicted molar refractivity (Wildman–Crippen MR) is 120 cm³/mol. The number of para-hydroxylation sites is 1. The van der Waals surface area contributed by atoms with Crippen LogP contribution < -0.4 is 20.3 Å². The maximum atomic E-state index is 13.3. The van der Waals surface area contributed by atoms with E-state index in [2.05, 4.69) is 10.3 Å².